The van der Waals surface area contributed by atoms with Gasteiger partial charge in [-0.05, 0) is 37.5 Å². The molecule has 0 atom stereocenters. The molecule has 4 heteroatoms. The van der Waals surface area contributed by atoms with Crippen molar-refractivity contribution in [2.75, 3.05) is 0 Å². The molecule has 2 bridgehead atoms. The van der Waals surface area contributed by atoms with Crippen LogP contribution in [0.25, 0.3) is 0 Å². The highest BCUT2D eigenvalue weighted by molar-refractivity contribution is 7.55. The van der Waals surface area contributed by atoms with Crippen LogP contribution in [0, 0.1) is 17.5 Å². The van der Waals surface area contributed by atoms with Crippen molar-refractivity contribution in [2.24, 2.45) is 11.8 Å². The molecule has 2 fully saturated rings. The second kappa shape index (κ2) is 3.38. The minimum absolute atomic E-state index is 0.230. The summed E-state index contributed by atoms with van der Waals surface area (Å²) in [5.41, 5.74) is 0.588. The smallest absolute Gasteiger partial charge is 0.324 e. The fourth-order valence-corrected chi connectivity index (χ4v) is 4.38. The molecule has 3 nitrogen and oxygen atoms in total. The quantitative estimate of drug-likeness (QED) is 0.643. The van der Waals surface area contributed by atoms with E-state index in [2.05, 4.69) is 0 Å². The van der Waals surface area contributed by atoms with Crippen molar-refractivity contribution in [3.63, 3.8) is 0 Å². The maximum absolute atomic E-state index is 11.3. The van der Waals surface area contributed by atoms with Gasteiger partial charge in [-0.3, -0.25) is 4.57 Å². The van der Waals surface area contributed by atoms with Crippen molar-refractivity contribution in [3.8, 4) is 0 Å². The molecule has 0 heterocycles. The first-order valence-electron chi connectivity index (χ1n) is 5.02. The zero-order chi connectivity index (χ0) is 9.47. The topological polar surface area (TPSA) is 57.5 Å². The van der Waals surface area contributed by atoms with Crippen molar-refractivity contribution in [3.05, 3.63) is 5.66 Å². The lowest BCUT2D eigenvalue weighted by Crippen LogP contribution is -2.30. The lowest BCUT2D eigenvalue weighted by Gasteiger charge is -2.41. The van der Waals surface area contributed by atoms with E-state index in [4.69, 9.17) is 0 Å². The van der Waals surface area contributed by atoms with Crippen LogP contribution in [-0.4, -0.2) is 9.79 Å². The Balaban J connectivity index is 2.20. The molecule has 0 unspecified atom stereocenters. The number of rotatable bonds is 1. The van der Waals surface area contributed by atoms with Gasteiger partial charge in [0.15, 0.2) is 0 Å². The second-order valence-corrected chi connectivity index (χ2v) is 5.83. The summed E-state index contributed by atoms with van der Waals surface area (Å²) in [6.07, 6.45) is 6.29. The maximum Gasteiger partial charge on any atom is 0.333 e. The summed E-state index contributed by atoms with van der Waals surface area (Å²) in [6.45, 7) is 0. The van der Waals surface area contributed by atoms with Crippen molar-refractivity contribution in [1.82, 2.24) is 0 Å². The molecule has 0 spiro atoms. The summed E-state index contributed by atoms with van der Waals surface area (Å²) < 4.78 is 11.3. The zero-order valence-corrected chi connectivity index (χ0v) is 8.54. The van der Waals surface area contributed by atoms with E-state index in [1.54, 1.807) is 0 Å². The van der Waals surface area contributed by atoms with Gasteiger partial charge in [-0.25, -0.2) is 0 Å². The summed E-state index contributed by atoms with van der Waals surface area (Å²) in [6, 6.07) is 0. The molecule has 2 aliphatic carbocycles. The Bertz CT molecular complexity index is 213. The molecule has 0 aromatic heterocycles. The molecule has 0 amide bonds. The van der Waals surface area contributed by atoms with Gasteiger partial charge in [-0.2, -0.15) is 0 Å². The van der Waals surface area contributed by atoms with E-state index >= 15 is 0 Å². The third-order valence-corrected chi connectivity index (χ3v) is 4.79. The summed E-state index contributed by atoms with van der Waals surface area (Å²) >= 11 is 0. The molecule has 2 aliphatic rings. The van der Waals surface area contributed by atoms with Crippen LogP contribution in [0.2, 0.25) is 0 Å². The number of hydrogen-bond acceptors (Lipinski definition) is 1. The van der Waals surface area contributed by atoms with Crippen LogP contribution in [0.15, 0.2) is 0 Å². The summed E-state index contributed by atoms with van der Waals surface area (Å²) in [5, 5.41) is 0. The van der Waals surface area contributed by atoms with Crippen LogP contribution < -0.4 is 0 Å². The molecular formula is C9H16O3P. The number of hydrogen-bond donors (Lipinski definition) is 2. The maximum atomic E-state index is 11.3. The lowest BCUT2D eigenvalue weighted by atomic mass is 9.72. The van der Waals surface area contributed by atoms with Gasteiger partial charge in [0.1, 0.15) is 0 Å². The van der Waals surface area contributed by atoms with Gasteiger partial charge in [0.25, 0.3) is 0 Å². The van der Waals surface area contributed by atoms with Gasteiger partial charge in [0.05, 0.1) is 5.66 Å². The Morgan fingerprint density at radius 1 is 1.00 bits per heavy atom. The van der Waals surface area contributed by atoms with Crippen LogP contribution in [0.4, 0.5) is 0 Å². The van der Waals surface area contributed by atoms with Crippen LogP contribution >= 0.6 is 7.60 Å². The predicted octanol–water partition coefficient (Wildman–Crippen LogP) is 2.30. The highest BCUT2D eigenvalue weighted by Crippen LogP contribution is 2.63. The average Bonchev–Trinajstić information content (AvgIpc) is 2.01. The minimum Gasteiger partial charge on any atom is -0.324 e. The molecule has 0 aromatic rings. The minimum atomic E-state index is -3.90. The van der Waals surface area contributed by atoms with E-state index in [0.29, 0.717) is 5.66 Å². The highest BCUT2D eigenvalue weighted by Gasteiger charge is 2.46. The van der Waals surface area contributed by atoms with Gasteiger partial charge < -0.3 is 9.79 Å². The molecule has 0 aliphatic heterocycles. The van der Waals surface area contributed by atoms with Gasteiger partial charge in [-0.15, -0.1) is 0 Å². The van der Waals surface area contributed by atoms with Crippen LogP contribution in [0.3, 0.4) is 0 Å². The lowest BCUT2D eigenvalue weighted by molar-refractivity contribution is 0.228. The van der Waals surface area contributed by atoms with Crippen LogP contribution in [0.1, 0.15) is 38.5 Å². The molecule has 2 rings (SSSR count). The normalized spacial score (nSPS) is 36.2. The summed E-state index contributed by atoms with van der Waals surface area (Å²) in [5.74, 6) is 0.460. The molecular weight excluding hydrogens is 187 g/mol. The zero-order valence-electron chi connectivity index (χ0n) is 7.65. The summed E-state index contributed by atoms with van der Waals surface area (Å²) in [4.78, 5) is 18.4. The average molecular weight is 203 g/mol. The van der Waals surface area contributed by atoms with E-state index in [1.807, 2.05) is 0 Å². The molecule has 2 saturated carbocycles. The molecule has 0 saturated heterocycles. The van der Waals surface area contributed by atoms with Crippen LogP contribution in [-0.2, 0) is 4.57 Å². The standard InChI is InChI=1S/C9H16O3P/c10-13(11,12)9-7-3-1-4-8(9)6-2-5-7/h7-8H,1-6H2,(H2,10,11,12). The Morgan fingerprint density at radius 3 is 1.62 bits per heavy atom. The van der Waals surface area contributed by atoms with Crippen molar-refractivity contribution >= 4 is 7.60 Å². The third-order valence-electron chi connectivity index (χ3n) is 3.38. The molecule has 0 aromatic carbocycles. The molecule has 2 N–H and O–H groups in total. The van der Waals surface area contributed by atoms with E-state index in [9.17, 15) is 14.4 Å². The predicted molar refractivity (Wildman–Crippen MR) is 50.0 cm³/mol. The van der Waals surface area contributed by atoms with Gasteiger partial charge in [-0.1, -0.05) is 12.8 Å². The monoisotopic (exact) mass is 203 g/mol. The first-order chi connectivity index (χ1) is 6.09. The molecule has 13 heavy (non-hydrogen) atoms. The van der Waals surface area contributed by atoms with Crippen LogP contribution in [0.5, 0.6) is 0 Å². The Labute approximate surface area is 78.7 Å². The molecule has 1 radical (unpaired) electrons. The second-order valence-electron chi connectivity index (χ2n) is 4.22. The fraction of sp³-hybridized carbons (Fsp3) is 0.889. The third kappa shape index (κ3) is 1.83. The Kier molecular flexibility index (Phi) is 2.52. The van der Waals surface area contributed by atoms with E-state index in [1.165, 1.54) is 0 Å². The van der Waals surface area contributed by atoms with Gasteiger partial charge in [0, 0.05) is 0 Å². The van der Waals surface area contributed by atoms with E-state index < -0.39 is 7.60 Å². The van der Waals surface area contributed by atoms with Gasteiger partial charge in [0.2, 0.25) is 0 Å². The first-order valence-corrected chi connectivity index (χ1v) is 6.63. The molecule has 75 valence electrons. The fourth-order valence-electron chi connectivity index (χ4n) is 2.91. The first kappa shape index (κ1) is 9.70. The largest absolute Gasteiger partial charge is 0.333 e. The van der Waals surface area contributed by atoms with Crippen molar-refractivity contribution in [1.29, 1.82) is 0 Å². The number of fused-ring (bicyclic) bond motifs is 2. The van der Waals surface area contributed by atoms with Crippen molar-refractivity contribution in [2.45, 2.75) is 38.5 Å². The Hall–Kier alpha value is 0.150. The van der Waals surface area contributed by atoms with E-state index in [0.717, 1.165) is 38.5 Å². The van der Waals surface area contributed by atoms with E-state index in [-0.39, 0.29) is 11.8 Å². The Morgan fingerprint density at radius 2 is 1.38 bits per heavy atom. The summed E-state index contributed by atoms with van der Waals surface area (Å²) in [7, 11) is -3.90. The van der Waals surface area contributed by atoms with Crippen molar-refractivity contribution < 1.29 is 14.4 Å². The SMILES string of the molecule is O=P(O)(O)[C]1C2CCCC1CCC2. The highest BCUT2D eigenvalue weighted by atomic mass is 31.2. The van der Waals surface area contributed by atoms with Gasteiger partial charge >= 0.3 is 7.60 Å².